The van der Waals surface area contributed by atoms with Crippen LogP contribution in [0.5, 0.6) is 0 Å². The van der Waals surface area contributed by atoms with E-state index in [1.54, 1.807) is 0 Å². The second kappa shape index (κ2) is 41.6. The van der Waals surface area contributed by atoms with Gasteiger partial charge in [-0.3, -0.25) is 18.7 Å². The number of hydrogen-bond donors (Lipinski definition) is 0. The van der Waals surface area contributed by atoms with Crippen molar-refractivity contribution >= 4 is 11.9 Å². The second-order valence-corrected chi connectivity index (χ2v) is 8.66. The first-order valence-corrected chi connectivity index (χ1v) is 11.4. The fourth-order valence-corrected chi connectivity index (χ4v) is 1.12. The van der Waals surface area contributed by atoms with E-state index >= 15 is 0 Å². The number of esters is 2. The number of ether oxygens (including phenoxy) is 2. The van der Waals surface area contributed by atoms with E-state index in [-0.39, 0.29) is 34.3 Å². The highest BCUT2D eigenvalue weighted by molar-refractivity contribution is 5.76. The number of rotatable bonds is 7. The molecule has 4 nitrogen and oxygen atoms in total. The summed E-state index contributed by atoms with van der Waals surface area (Å²) in [6, 6.07) is 0. The molecule has 252 valence electrons. The van der Waals surface area contributed by atoms with Crippen LogP contribution in [0.3, 0.4) is 0 Å². The van der Waals surface area contributed by atoms with Gasteiger partial charge in [-0.2, -0.15) is 0 Å². The first-order chi connectivity index (χ1) is 17.8. The van der Waals surface area contributed by atoms with Gasteiger partial charge < -0.3 is 9.47 Å². The van der Waals surface area contributed by atoms with Crippen molar-refractivity contribution in [1.82, 2.24) is 0 Å². The number of alkyl halides is 11. The normalized spacial score (nSPS) is 9.50. The smallest absolute Gasteiger partial charge is 0.312 e. The summed E-state index contributed by atoms with van der Waals surface area (Å²) in [5.74, 6) is -0.351. The Morgan fingerprint density at radius 3 is 1.00 bits per heavy atom. The molecule has 0 aliphatic heterocycles. The Morgan fingerprint density at radius 1 is 0.550 bits per heavy atom. The molecule has 0 heterocycles. The molecule has 16 heteroatoms. The molecule has 0 aliphatic rings. The zero-order valence-electron chi connectivity index (χ0n) is 24.8. The minimum Gasteiger partial charge on any atom is -0.465 e. The highest BCUT2D eigenvalue weighted by Gasteiger charge is 2.30. The van der Waals surface area contributed by atoms with Crippen molar-refractivity contribution in [3.63, 3.8) is 0 Å². The van der Waals surface area contributed by atoms with Crippen LogP contribution in [0.15, 0.2) is 0 Å². The third kappa shape index (κ3) is 65.3. The van der Waals surface area contributed by atoms with Crippen LogP contribution in [-0.2, 0) is 19.1 Å². The zero-order chi connectivity index (χ0) is 33.1. The van der Waals surface area contributed by atoms with Crippen molar-refractivity contribution in [2.75, 3.05) is 47.9 Å². The topological polar surface area (TPSA) is 52.6 Å². The molecule has 0 N–H and O–H groups in total. The highest BCUT2D eigenvalue weighted by Crippen LogP contribution is 2.24. The van der Waals surface area contributed by atoms with E-state index in [0.717, 1.165) is 12.8 Å². The molecule has 0 aliphatic carbocycles. The maximum Gasteiger partial charge on any atom is 0.312 e. The molecule has 0 spiro atoms. The van der Waals surface area contributed by atoms with Crippen LogP contribution in [0.25, 0.3) is 0 Å². The van der Waals surface area contributed by atoms with Gasteiger partial charge in [0, 0.05) is 6.42 Å². The molecule has 0 rings (SSSR count). The van der Waals surface area contributed by atoms with Crippen molar-refractivity contribution in [2.45, 2.75) is 87.2 Å². The molecule has 0 fully saturated rings. The molecule has 0 aromatic heterocycles. The van der Waals surface area contributed by atoms with Crippen LogP contribution in [0.2, 0.25) is 0 Å². The quantitative estimate of drug-likeness (QED) is 0.160. The summed E-state index contributed by atoms with van der Waals surface area (Å²) in [7, 11) is 0. The van der Waals surface area contributed by atoms with Crippen LogP contribution >= 0.6 is 0 Å². The maximum atomic E-state index is 11.6. The Labute approximate surface area is 230 Å². The summed E-state index contributed by atoms with van der Waals surface area (Å²) in [5, 5.41) is 0. The van der Waals surface area contributed by atoms with E-state index < -0.39 is 46.7 Å². The van der Waals surface area contributed by atoms with Gasteiger partial charge in [-0.05, 0) is 61.3 Å². The van der Waals surface area contributed by atoms with Crippen LogP contribution in [0.4, 0.5) is 53.0 Å². The van der Waals surface area contributed by atoms with Gasteiger partial charge in [-0.1, -0.05) is 13.8 Å². The van der Waals surface area contributed by atoms with Gasteiger partial charge in [0.15, 0.2) is 0 Å². The van der Waals surface area contributed by atoms with Crippen LogP contribution in [0.1, 0.15) is 81.6 Å². The first-order valence-electron chi connectivity index (χ1n) is 11.4. The van der Waals surface area contributed by atoms with Gasteiger partial charge in [0.05, 0.1) is 24.1 Å². The molecule has 0 aromatic carbocycles. The summed E-state index contributed by atoms with van der Waals surface area (Å²) in [6.45, 7) is 8.04. The second-order valence-electron chi connectivity index (χ2n) is 8.66. The van der Waals surface area contributed by atoms with Crippen molar-refractivity contribution < 1.29 is 72.1 Å². The van der Waals surface area contributed by atoms with Crippen molar-refractivity contribution in [3.05, 3.63) is 0 Å². The molecule has 0 bridgehead atoms. The average molecular weight is 629 g/mol. The van der Waals surface area contributed by atoms with Gasteiger partial charge >= 0.3 is 11.9 Å². The highest BCUT2D eigenvalue weighted by atomic mass is 19.3. The van der Waals surface area contributed by atoms with Crippen LogP contribution in [0, 0.1) is 10.8 Å². The predicted molar refractivity (Wildman–Crippen MR) is 133 cm³/mol. The van der Waals surface area contributed by atoms with Gasteiger partial charge in [-0.15, -0.1) is 0 Å². The molecule has 0 radical (unpaired) electrons. The average Bonchev–Trinajstić information content (AvgIpc) is 2.81. The number of halogens is 12. The minimum atomic E-state index is -1.75. The third-order valence-corrected chi connectivity index (χ3v) is 3.78. The summed E-state index contributed by atoms with van der Waals surface area (Å²) in [6.07, 6.45) is 1.84. The van der Waals surface area contributed by atoms with E-state index in [9.17, 15) is 57.9 Å². The largest absolute Gasteiger partial charge is 0.465 e. The predicted octanol–water partition coefficient (Wildman–Crippen LogP) is 9.66. The lowest BCUT2D eigenvalue weighted by atomic mass is 9.90. The van der Waals surface area contributed by atoms with Gasteiger partial charge in [0.25, 0.3) is 0 Å². The van der Waals surface area contributed by atoms with E-state index in [4.69, 9.17) is 9.47 Å². The lowest BCUT2D eigenvalue weighted by Gasteiger charge is -2.27. The molecule has 0 saturated heterocycles. The minimum absolute atomic E-state index is 0. The van der Waals surface area contributed by atoms with Crippen LogP contribution in [-0.4, -0.2) is 65.5 Å². The Kier molecular flexibility index (Phi) is 60.2. The lowest BCUT2D eigenvalue weighted by molar-refractivity contribution is -0.165. The Morgan fingerprint density at radius 2 is 0.800 bits per heavy atom. The maximum absolute atomic E-state index is 11.6. The number of hydrogen-bond acceptors (Lipinski definition) is 4. The summed E-state index contributed by atoms with van der Waals surface area (Å²) < 4.78 is 118. The molecular weight excluding hydrogens is 580 g/mol. The molecular formula is C24H48F12O4. The van der Waals surface area contributed by atoms with Crippen molar-refractivity contribution in [1.29, 1.82) is 0 Å². The molecule has 0 amide bonds. The molecule has 0 saturated carbocycles. The van der Waals surface area contributed by atoms with E-state index in [1.807, 2.05) is 62.3 Å². The molecule has 40 heavy (non-hydrogen) atoms. The number of carbonyl (C=O) groups is 2. The van der Waals surface area contributed by atoms with E-state index in [2.05, 4.69) is 0 Å². The van der Waals surface area contributed by atoms with Crippen LogP contribution < -0.4 is 0 Å². The van der Waals surface area contributed by atoms with Gasteiger partial charge in [0.1, 0.15) is 5.60 Å². The first kappa shape index (κ1) is 57.9. The summed E-state index contributed by atoms with van der Waals surface area (Å²) in [4.78, 5) is 22.7. The fraction of sp³-hybridized carbons (Fsp3) is 0.917. The van der Waals surface area contributed by atoms with Gasteiger partial charge in [-0.25, -0.2) is 43.9 Å². The lowest BCUT2D eigenvalue weighted by Crippen LogP contribution is -2.33. The van der Waals surface area contributed by atoms with Crippen molar-refractivity contribution in [3.8, 4) is 0 Å². The summed E-state index contributed by atoms with van der Waals surface area (Å²) >= 11 is 0. The Balaban J connectivity index is -0.0000000563. The monoisotopic (exact) mass is 628 g/mol. The van der Waals surface area contributed by atoms with Crippen molar-refractivity contribution in [2.24, 2.45) is 10.8 Å². The summed E-state index contributed by atoms with van der Waals surface area (Å²) in [5.41, 5.74) is -1.16. The molecule has 0 unspecified atom stereocenters. The zero-order valence-corrected chi connectivity index (χ0v) is 24.8. The third-order valence-electron chi connectivity index (χ3n) is 3.78. The molecule has 0 aromatic rings. The molecule has 0 atom stereocenters. The SMILES string of the molecule is CCC(C)(C)C(=O)OC(C)(C)C.CCC(C)(C)C(=O)OCCCF.F.FCF.FCF.FCF.FCF.FCF. The Bertz CT molecular complexity index is 468. The standard InChI is InChI=1S/C10H20O2.C9H17FO2.5CH2F2.FH/c1-7-10(5,6)8(11)12-9(2,3)4;1-4-9(2,3)8(11)12-7-5-6-10;5*2-1-3;/h7H2,1-6H3;4-7H2,1-3H3;5*1H2;1H. The number of carbonyl (C=O) groups excluding carboxylic acids is 2. The fourth-order valence-electron chi connectivity index (χ4n) is 1.12. The van der Waals surface area contributed by atoms with E-state index in [0.29, 0.717) is 6.42 Å². The van der Waals surface area contributed by atoms with E-state index in [1.165, 1.54) is 0 Å². The van der Waals surface area contributed by atoms with Gasteiger partial charge in [0.2, 0.25) is 34.6 Å². The Hall–Kier alpha value is -1.90.